The molecule has 0 bridgehead atoms. The van der Waals surface area contributed by atoms with Crippen molar-refractivity contribution in [1.82, 2.24) is 14.9 Å². The van der Waals surface area contributed by atoms with Crippen LogP contribution in [0.5, 0.6) is 0 Å². The average molecular weight is 424 g/mol. The van der Waals surface area contributed by atoms with E-state index in [1.165, 1.54) is 27.8 Å². The van der Waals surface area contributed by atoms with Gasteiger partial charge in [-0.2, -0.15) is 0 Å². The summed E-state index contributed by atoms with van der Waals surface area (Å²) in [5.41, 5.74) is 4.43. The summed E-state index contributed by atoms with van der Waals surface area (Å²) in [4.78, 5) is 29.5. The number of hydrogen-bond acceptors (Lipinski definition) is 4. The Morgan fingerprint density at radius 3 is 2.59 bits per heavy atom. The van der Waals surface area contributed by atoms with Crippen LogP contribution in [0.4, 0.5) is 0 Å². The van der Waals surface area contributed by atoms with Crippen molar-refractivity contribution in [1.29, 1.82) is 0 Å². The highest BCUT2D eigenvalue weighted by Gasteiger charge is 2.14. The Bertz CT molecular complexity index is 1230. The molecule has 0 unspecified atom stereocenters. The van der Waals surface area contributed by atoms with Crippen LogP contribution in [0.1, 0.15) is 11.1 Å². The molecule has 0 spiro atoms. The molecule has 0 saturated heterocycles. The summed E-state index contributed by atoms with van der Waals surface area (Å²) in [6, 6.07) is 15.3. The number of halogens is 1. The summed E-state index contributed by atoms with van der Waals surface area (Å²) in [5, 5.41) is 5.40. The van der Waals surface area contributed by atoms with E-state index in [4.69, 9.17) is 11.6 Å². The maximum absolute atomic E-state index is 12.8. The fraction of sp³-hybridized carbons (Fsp3) is 0.136. The molecule has 0 radical (unpaired) electrons. The molecule has 0 saturated carbocycles. The van der Waals surface area contributed by atoms with Crippen molar-refractivity contribution in [2.45, 2.75) is 20.0 Å². The smallest absolute Gasteiger partial charge is 0.271 e. The number of fused-ring (bicyclic) bond motifs is 1. The minimum Gasteiger partial charge on any atom is -0.350 e. The van der Waals surface area contributed by atoms with Crippen LogP contribution in [-0.2, 0) is 17.9 Å². The van der Waals surface area contributed by atoms with Crippen LogP contribution < -0.4 is 10.9 Å². The first-order valence-electron chi connectivity index (χ1n) is 9.06. The van der Waals surface area contributed by atoms with Crippen molar-refractivity contribution in [3.63, 3.8) is 0 Å². The number of carbonyl (C=O) groups excluding carboxylic acids is 1. The van der Waals surface area contributed by atoms with Gasteiger partial charge in [0.2, 0.25) is 5.91 Å². The third kappa shape index (κ3) is 4.23. The molecule has 4 aromatic rings. The Kier molecular flexibility index (Phi) is 5.47. The van der Waals surface area contributed by atoms with E-state index in [-0.39, 0.29) is 18.0 Å². The van der Waals surface area contributed by atoms with E-state index in [1.807, 2.05) is 48.7 Å². The Morgan fingerprint density at radius 1 is 1.14 bits per heavy atom. The van der Waals surface area contributed by atoms with Gasteiger partial charge in [0.15, 0.2) is 0 Å². The van der Waals surface area contributed by atoms with E-state index in [1.54, 1.807) is 12.1 Å². The molecule has 1 amide bonds. The van der Waals surface area contributed by atoms with Crippen molar-refractivity contribution in [2.24, 2.45) is 0 Å². The molecule has 4 rings (SSSR count). The van der Waals surface area contributed by atoms with E-state index in [2.05, 4.69) is 10.3 Å². The number of hydrogen-bond donors (Lipinski definition) is 1. The van der Waals surface area contributed by atoms with Crippen molar-refractivity contribution in [3.8, 4) is 11.1 Å². The monoisotopic (exact) mass is 423 g/mol. The zero-order chi connectivity index (χ0) is 20.4. The van der Waals surface area contributed by atoms with Gasteiger partial charge in [0, 0.05) is 22.5 Å². The maximum Gasteiger partial charge on any atom is 0.271 e. The van der Waals surface area contributed by atoms with Crippen LogP contribution in [0.15, 0.2) is 65.0 Å². The SMILES string of the molecule is Cc1ccc(CNC(=O)Cn2cnc3c(-c4ccc(Cl)cc4)csc3c2=O)cc1. The molecular weight excluding hydrogens is 406 g/mol. The van der Waals surface area contributed by atoms with Gasteiger partial charge in [-0.05, 0) is 30.2 Å². The number of aromatic nitrogens is 2. The van der Waals surface area contributed by atoms with Gasteiger partial charge in [-0.25, -0.2) is 4.98 Å². The lowest BCUT2D eigenvalue weighted by Gasteiger charge is -2.08. The topological polar surface area (TPSA) is 64.0 Å². The van der Waals surface area contributed by atoms with Crippen LogP contribution in [0.2, 0.25) is 5.02 Å². The number of carbonyl (C=O) groups is 1. The van der Waals surface area contributed by atoms with Crippen molar-refractivity contribution in [3.05, 3.63) is 86.7 Å². The third-order valence-electron chi connectivity index (χ3n) is 4.63. The summed E-state index contributed by atoms with van der Waals surface area (Å²) in [7, 11) is 0. The standard InChI is InChI=1S/C22H18ClN3O2S/c1-14-2-4-15(5-3-14)10-24-19(27)11-26-13-25-20-18(12-29-21(20)22(26)28)16-6-8-17(23)9-7-16/h2-9,12-13H,10-11H2,1H3,(H,24,27). The van der Waals surface area contributed by atoms with Gasteiger partial charge in [-0.15, -0.1) is 11.3 Å². The molecule has 0 aliphatic carbocycles. The molecule has 1 N–H and O–H groups in total. The molecule has 2 aromatic heterocycles. The van der Waals surface area contributed by atoms with E-state index in [0.29, 0.717) is 21.8 Å². The van der Waals surface area contributed by atoms with Gasteiger partial charge in [-0.1, -0.05) is 53.6 Å². The van der Waals surface area contributed by atoms with Crippen molar-refractivity contribution >= 4 is 39.1 Å². The lowest BCUT2D eigenvalue weighted by atomic mass is 10.1. The van der Waals surface area contributed by atoms with E-state index >= 15 is 0 Å². The largest absolute Gasteiger partial charge is 0.350 e. The second kappa shape index (κ2) is 8.19. The summed E-state index contributed by atoms with van der Waals surface area (Å²) in [5.74, 6) is -0.233. The predicted molar refractivity (Wildman–Crippen MR) is 117 cm³/mol. The second-order valence-corrected chi connectivity index (χ2v) is 8.09. The zero-order valence-corrected chi connectivity index (χ0v) is 17.3. The molecule has 2 heterocycles. The van der Waals surface area contributed by atoms with Crippen LogP contribution in [0.3, 0.4) is 0 Å². The second-order valence-electron chi connectivity index (χ2n) is 6.77. The first kappa shape index (κ1) is 19.4. The number of nitrogens with one attached hydrogen (secondary N) is 1. The quantitative estimate of drug-likeness (QED) is 0.517. The Labute approximate surface area is 176 Å². The lowest BCUT2D eigenvalue weighted by molar-refractivity contribution is -0.121. The first-order chi connectivity index (χ1) is 14.0. The Balaban J connectivity index is 1.52. The fourth-order valence-corrected chi connectivity index (χ4v) is 4.11. The van der Waals surface area contributed by atoms with Gasteiger partial charge >= 0.3 is 0 Å². The fourth-order valence-electron chi connectivity index (χ4n) is 3.01. The molecule has 0 aliphatic rings. The number of benzene rings is 2. The van der Waals surface area contributed by atoms with Crippen LogP contribution in [0.25, 0.3) is 21.3 Å². The zero-order valence-electron chi connectivity index (χ0n) is 15.7. The Morgan fingerprint density at radius 2 is 1.86 bits per heavy atom. The lowest BCUT2D eigenvalue weighted by Crippen LogP contribution is -2.31. The molecule has 29 heavy (non-hydrogen) atoms. The van der Waals surface area contributed by atoms with Gasteiger partial charge in [-0.3, -0.25) is 14.2 Å². The average Bonchev–Trinajstić information content (AvgIpc) is 3.15. The van der Waals surface area contributed by atoms with Gasteiger partial charge in [0.05, 0.1) is 11.8 Å². The van der Waals surface area contributed by atoms with Crippen molar-refractivity contribution < 1.29 is 4.79 Å². The molecule has 0 fully saturated rings. The van der Waals surface area contributed by atoms with Crippen molar-refractivity contribution in [2.75, 3.05) is 0 Å². The summed E-state index contributed by atoms with van der Waals surface area (Å²) >= 11 is 7.29. The molecule has 5 nitrogen and oxygen atoms in total. The predicted octanol–water partition coefficient (Wildman–Crippen LogP) is 4.40. The number of rotatable bonds is 5. The van der Waals surface area contributed by atoms with E-state index in [0.717, 1.165) is 16.7 Å². The van der Waals surface area contributed by atoms with Crippen LogP contribution in [-0.4, -0.2) is 15.5 Å². The van der Waals surface area contributed by atoms with Gasteiger partial charge < -0.3 is 5.32 Å². The minimum absolute atomic E-state index is 0.0676. The third-order valence-corrected chi connectivity index (χ3v) is 5.83. The number of thiophene rings is 1. The van der Waals surface area contributed by atoms with Gasteiger partial charge in [0.25, 0.3) is 5.56 Å². The van der Waals surface area contributed by atoms with Crippen LogP contribution >= 0.6 is 22.9 Å². The molecule has 7 heteroatoms. The molecule has 146 valence electrons. The first-order valence-corrected chi connectivity index (χ1v) is 10.3. The maximum atomic E-state index is 12.8. The summed E-state index contributed by atoms with van der Waals surface area (Å²) in [6.45, 7) is 2.37. The number of aryl methyl sites for hydroxylation is 1. The Hall–Kier alpha value is -2.96. The highest BCUT2D eigenvalue weighted by molar-refractivity contribution is 7.17. The number of nitrogens with zero attached hydrogens (tertiary/aromatic N) is 2. The number of amides is 1. The highest BCUT2D eigenvalue weighted by Crippen LogP contribution is 2.31. The van der Waals surface area contributed by atoms with E-state index in [9.17, 15) is 9.59 Å². The summed E-state index contributed by atoms with van der Waals surface area (Å²) in [6.07, 6.45) is 1.43. The molecule has 0 atom stereocenters. The highest BCUT2D eigenvalue weighted by atomic mass is 35.5. The molecule has 2 aromatic carbocycles. The van der Waals surface area contributed by atoms with E-state index < -0.39 is 0 Å². The van der Waals surface area contributed by atoms with Gasteiger partial charge in [0.1, 0.15) is 11.2 Å². The minimum atomic E-state index is -0.233. The van der Waals surface area contributed by atoms with Crippen LogP contribution in [0, 0.1) is 6.92 Å². The molecule has 0 aliphatic heterocycles. The summed E-state index contributed by atoms with van der Waals surface area (Å²) < 4.78 is 1.87. The normalized spacial score (nSPS) is 11.0. The molecular formula is C22H18ClN3O2S.